The van der Waals surface area contributed by atoms with Gasteiger partial charge in [0.05, 0.1) is 27.8 Å². The normalized spacial score (nSPS) is 12.7. The molecule has 12 aromatic rings. The van der Waals surface area contributed by atoms with E-state index in [-0.39, 0.29) is 0 Å². The van der Waals surface area contributed by atoms with E-state index in [1.54, 1.807) is 0 Å². The van der Waals surface area contributed by atoms with Crippen molar-refractivity contribution in [2.24, 2.45) is 0 Å². The molecule has 2 heterocycles. The lowest BCUT2D eigenvalue weighted by atomic mass is 9.66. The molecule has 0 spiro atoms. The van der Waals surface area contributed by atoms with Crippen LogP contribution in [-0.4, -0.2) is 14.5 Å². The second-order valence-electron chi connectivity index (χ2n) is 17.2. The minimum absolute atomic E-state index is 0.520. The average Bonchev–Trinajstić information content (AvgIpc) is 3.91. The van der Waals surface area contributed by atoms with Gasteiger partial charge in [-0.25, -0.2) is 9.97 Å². The lowest BCUT2D eigenvalue weighted by molar-refractivity contribution is 0.775. The van der Waals surface area contributed by atoms with Crippen LogP contribution in [0.25, 0.3) is 94.4 Å². The summed E-state index contributed by atoms with van der Waals surface area (Å²) in [5.74, 6) is 0.686. The first-order chi connectivity index (χ1) is 32.7. The molecule has 0 fully saturated rings. The third kappa shape index (κ3) is 5.84. The maximum absolute atomic E-state index is 5.29. The van der Waals surface area contributed by atoms with Gasteiger partial charge in [0.2, 0.25) is 0 Å². The fourth-order valence-corrected chi connectivity index (χ4v) is 10.8. The quantitative estimate of drug-likeness (QED) is 0.160. The van der Waals surface area contributed by atoms with Crippen molar-refractivity contribution in [2.45, 2.75) is 5.41 Å². The molecule has 0 saturated heterocycles. The van der Waals surface area contributed by atoms with Crippen molar-refractivity contribution in [3.05, 3.63) is 271 Å². The van der Waals surface area contributed by atoms with E-state index >= 15 is 0 Å². The Labute approximate surface area is 383 Å². The van der Waals surface area contributed by atoms with Crippen molar-refractivity contribution in [1.82, 2.24) is 14.5 Å². The largest absolute Gasteiger partial charge is 0.309 e. The molecule has 308 valence electrons. The number of hydrogen-bond acceptors (Lipinski definition) is 2. The molecule has 13 rings (SSSR count). The molecule has 0 saturated carbocycles. The minimum atomic E-state index is -0.520. The van der Waals surface area contributed by atoms with Crippen molar-refractivity contribution >= 4 is 32.6 Å². The van der Waals surface area contributed by atoms with Crippen LogP contribution >= 0.6 is 0 Å². The summed E-state index contributed by atoms with van der Waals surface area (Å²) in [5, 5.41) is 4.97. The number of hydrogen-bond donors (Lipinski definition) is 0. The fraction of sp³-hybridized carbons (Fsp3) is 0.0159. The van der Waals surface area contributed by atoms with Crippen LogP contribution in [0.2, 0.25) is 0 Å². The summed E-state index contributed by atoms with van der Waals surface area (Å²) < 4.78 is 2.35. The Hall–Kier alpha value is -8.66. The summed E-state index contributed by atoms with van der Waals surface area (Å²) in [5.41, 5.74) is 17.8. The van der Waals surface area contributed by atoms with E-state index in [9.17, 15) is 0 Å². The van der Waals surface area contributed by atoms with Gasteiger partial charge in [-0.2, -0.15) is 0 Å². The molecule has 0 unspecified atom stereocenters. The Kier molecular flexibility index (Phi) is 8.75. The number of rotatable bonds is 7. The second kappa shape index (κ2) is 15.3. The summed E-state index contributed by atoms with van der Waals surface area (Å²) in [6, 6.07) is 89.9. The van der Waals surface area contributed by atoms with E-state index in [2.05, 4.69) is 247 Å². The topological polar surface area (TPSA) is 30.7 Å². The Morgan fingerprint density at radius 3 is 1.47 bits per heavy atom. The molecule has 1 aliphatic carbocycles. The summed E-state index contributed by atoms with van der Waals surface area (Å²) in [4.78, 5) is 10.5. The van der Waals surface area contributed by atoms with Crippen molar-refractivity contribution in [3.63, 3.8) is 0 Å². The third-order valence-corrected chi connectivity index (χ3v) is 13.7. The lowest BCUT2D eigenvalue weighted by Gasteiger charge is -2.35. The maximum Gasteiger partial charge on any atom is 0.160 e. The van der Waals surface area contributed by atoms with Gasteiger partial charge in [0.1, 0.15) is 0 Å². The molecule has 2 aromatic heterocycles. The third-order valence-electron chi connectivity index (χ3n) is 13.7. The molecular weight excluding hydrogens is 799 g/mol. The van der Waals surface area contributed by atoms with Gasteiger partial charge in [0, 0.05) is 33.2 Å². The van der Waals surface area contributed by atoms with Gasteiger partial charge in [0.15, 0.2) is 5.82 Å². The molecule has 3 nitrogen and oxygen atoms in total. The summed E-state index contributed by atoms with van der Waals surface area (Å²) >= 11 is 0. The Bertz CT molecular complexity index is 3690. The van der Waals surface area contributed by atoms with Crippen LogP contribution in [0.3, 0.4) is 0 Å². The Balaban J connectivity index is 0.955. The molecular formula is C63H41N3. The molecule has 0 N–H and O–H groups in total. The molecule has 1 aliphatic rings. The zero-order valence-corrected chi connectivity index (χ0v) is 36.0. The SMILES string of the molecule is c1ccc(-c2cc(-c3ccc(-n4c5ccccc5c5ccccc54)cc3)nc(-c3ccc(-c4cc5ccccc5c5c4-c4ccccc4C5(c4ccccc4)c4ccccc4)cc3)n2)cc1. The monoisotopic (exact) mass is 839 g/mol. The molecule has 66 heavy (non-hydrogen) atoms. The van der Waals surface area contributed by atoms with Crippen LogP contribution < -0.4 is 0 Å². The average molecular weight is 840 g/mol. The highest BCUT2D eigenvalue weighted by Crippen LogP contribution is 2.60. The van der Waals surface area contributed by atoms with Crippen molar-refractivity contribution in [1.29, 1.82) is 0 Å². The molecule has 0 bridgehead atoms. The zero-order valence-electron chi connectivity index (χ0n) is 36.0. The summed E-state index contributed by atoms with van der Waals surface area (Å²) in [7, 11) is 0. The van der Waals surface area contributed by atoms with E-state index in [0.717, 1.165) is 39.3 Å². The predicted octanol–water partition coefficient (Wildman–Crippen LogP) is 15.8. The minimum Gasteiger partial charge on any atom is -0.309 e. The fourth-order valence-electron chi connectivity index (χ4n) is 10.8. The highest BCUT2D eigenvalue weighted by atomic mass is 15.0. The van der Waals surface area contributed by atoms with Crippen LogP contribution in [-0.2, 0) is 5.41 Å². The van der Waals surface area contributed by atoms with Gasteiger partial charge in [-0.3, -0.25) is 0 Å². The summed E-state index contributed by atoms with van der Waals surface area (Å²) in [6.45, 7) is 0. The van der Waals surface area contributed by atoms with Crippen molar-refractivity contribution < 1.29 is 0 Å². The molecule has 0 aliphatic heterocycles. The standard InChI is InChI=1S/C63H41N3/c1-4-18-43(19-5-1)56-41-57(44-36-38-49(39-37-44)66-58-30-16-13-26-51(58)52-27-14-17-31-59(52)66)65-62(64-56)45-34-32-42(33-35-45)54-40-46-20-10-11-25-50(46)61-60(54)53-28-12-15-29-55(53)63(61,47-21-6-2-7-22-47)48-23-8-3-9-24-48/h1-41H. The van der Waals surface area contributed by atoms with Gasteiger partial charge < -0.3 is 4.57 Å². The first-order valence-electron chi connectivity index (χ1n) is 22.7. The smallest absolute Gasteiger partial charge is 0.160 e. The number of nitrogens with zero attached hydrogens (tertiary/aromatic N) is 3. The first kappa shape index (κ1) is 37.9. The van der Waals surface area contributed by atoms with Crippen LogP contribution in [0.15, 0.2) is 249 Å². The van der Waals surface area contributed by atoms with Crippen LogP contribution in [0, 0.1) is 0 Å². The van der Waals surface area contributed by atoms with Crippen molar-refractivity contribution in [2.75, 3.05) is 0 Å². The first-order valence-corrected chi connectivity index (χ1v) is 22.7. The Morgan fingerprint density at radius 1 is 0.348 bits per heavy atom. The number of benzene rings is 10. The predicted molar refractivity (Wildman–Crippen MR) is 273 cm³/mol. The van der Waals surface area contributed by atoms with Gasteiger partial charge in [-0.05, 0) is 91.7 Å². The zero-order chi connectivity index (χ0) is 43.6. The number of aromatic nitrogens is 3. The van der Waals surface area contributed by atoms with Gasteiger partial charge in [-0.1, -0.05) is 212 Å². The van der Waals surface area contributed by atoms with Crippen LogP contribution in [0.1, 0.15) is 22.3 Å². The molecule has 3 heteroatoms. The van der Waals surface area contributed by atoms with Gasteiger partial charge in [0.25, 0.3) is 0 Å². The van der Waals surface area contributed by atoms with Gasteiger partial charge in [-0.15, -0.1) is 0 Å². The molecule has 10 aromatic carbocycles. The van der Waals surface area contributed by atoms with Crippen LogP contribution in [0.4, 0.5) is 0 Å². The second-order valence-corrected chi connectivity index (χ2v) is 17.2. The van der Waals surface area contributed by atoms with Crippen LogP contribution in [0.5, 0.6) is 0 Å². The van der Waals surface area contributed by atoms with E-state index < -0.39 is 5.41 Å². The van der Waals surface area contributed by atoms with E-state index in [4.69, 9.17) is 9.97 Å². The maximum atomic E-state index is 5.29. The highest BCUT2D eigenvalue weighted by Gasteiger charge is 2.48. The molecule has 0 amide bonds. The van der Waals surface area contributed by atoms with E-state index in [0.29, 0.717) is 5.82 Å². The highest BCUT2D eigenvalue weighted by molar-refractivity contribution is 6.09. The number of fused-ring (bicyclic) bond motifs is 8. The van der Waals surface area contributed by atoms with Gasteiger partial charge >= 0.3 is 0 Å². The Morgan fingerprint density at radius 2 is 0.833 bits per heavy atom. The molecule has 0 atom stereocenters. The molecule has 0 radical (unpaired) electrons. The number of para-hydroxylation sites is 2. The van der Waals surface area contributed by atoms with E-state index in [1.807, 2.05) is 6.07 Å². The van der Waals surface area contributed by atoms with E-state index in [1.165, 1.54) is 71.5 Å². The summed E-state index contributed by atoms with van der Waals surface area (Å²) in [6.07, 6.45) is 0. The van der Waals surface area contributed by atoms with Crippen molar-refractivity contribution in [3.8, 4) is 61.8 Å². The lowest BCUT2D eigenvalue weighted by Crippen LogP contribution is -2.28.